The van der Waals surface area contributed by atoms with E-state index in [0.717, 1.165) is 6.42 Å². The van der Waals surface area contributed by atoms with Crippen LogP contribution in [0.4, 0.5) is 4.39 Å². The average molecular weight is 290 g/mol. The monoisotopic (exact) mass is 290 g/mol. The van der Waals surface area contributed by atoms with Crippen LogP contribution in [0.2, 0.25) is 0 Å². The molecule has 1 aliphatic rings. The van der Waals surface area contributed by atoms with Gasteiger partial charge in [-0.1, -0.05) is 24.6 Å². The van der Waals surface area contributed by atoms with E-state index in [-0.39, 0.29) is 18.8 Å². The van der Waals surface area contributed by atoms with Gasteiger partial charge in [0, 0.05) is 6.42 Å². The number of benzene rings is 1. The zero-order valence-electron chi connectivity index (χ0n) is 11.4. The molecule has 1 heterocycles. The van der Waals surface area contributed by atoms with Crippen molar-refractivity contribution in [3.63, 3.8) is 0 Å². The van der Waals surface area contributed by atoms with Gasteiger partial charge in [-0.05, 0) is 34.9 Å². The maximum atomic E-state index is 13.7. The summed E-state index contributed by atoms with van der Waals surface area (Å²) in [6.45, 7) is 0.235. The van der Waals surface area contributed by atoms with E-state index in [1.807, 2.05) is 0 Å². The molecular formula is C14H15FN4O2. The highest BCUT2D eigenvalue weighted by Gasteiger charge is 2.45. The van der Waals surface area contributed by atoms with E-state index < -0.39 is 11.4 Å². The van der Waals surface area contributed by atoms with Crippen LogP contribution >= 0.6 is 0 Å². The van der Waals surface area contributed by atoms with Gasteiger partial charge in [-0.3, -0.25) is 4.79 Å². The Morgan fingerprint density at radius 2 is 2.14 bits per heavy atom. The SMILES string of the molecule is O=C(O)C1(Cn2nnnc2Cc2ccccc2F)CCC1. The topological polar surface area (TPSA) is 80.9 Å². The first kappa shape index (κ1) is 13.7. The van der Waals surface area contributed by atoms with Crippen LogP contribution in [0.5, 0.6) is 0 Å². The van der Waals surface area contributed by atoms with Crippen molar-refractivity contribution >= 4 is 5.97 Å². The van der Waals surface area contributed by atoms with Crippen LogP contribution in [0.15, 0.2) is 24.3 Å². The van der Waals surface area contributed by atoms with E-state index in [9.17, 15) is 14.3 Å². The van der Waals surface area contributed by atoms with Crippen molar-refractivity contribution in [2.75, 3.05) is 0 Å². The van der Waals surface area contributed by atoms with Crippen molar-refractivity contribution in [1.29, 1.82) is 0 Å². The molecule has 3 rings (SSSR count). The average Bonchev–Trinajstić information content (AvgIpc) is 2.83. The number of aliphatic carboxylic acids is 1. The summed E-state index contributed by atoms with van der Waals surface area (Å²) in [5, 5.41) is 20.7. The minimum absolute atomic E-state index is 0.235. The Balaban J connectivity index is 1.82. The first-order valence-corrected chi connectivity index (χ1v) is 6.83. The number of carboxylic acids is 1. The Morgan fingerprint density at radius 1 is 1.38 bits per heavy atom. The number of aromatic nitrogens is 4. The second-order valence-corrected chi connectivity index (χ2v) is 5.46. The van der Waals surface area contributed by atoms with Crippen LogP contribution < -0.4 is 0 Å². The first-order chi connectivity index (χ1) is 10.1. The highest BCUT2D eigenvalue weighted by Crippen LogP contribution is 2.42. The summed E-state index contributed by atoms with van der Waals surface area (Å²) in [7, 11) is 0. The summed E-state index contributed by atoms with van der Waals surface area (Å²) in [6.07, 6.45) is 2.40. The molecule has 1 fully saturated rings. The molecule has 0 amide bonds. The smallest absolute Gasteiger partial charge is 0.311 e. The summed E-state index contributed by atoms with van der Waals surface area (Å²) in [5.41, 5.74) is -0.286. The van der Waals surface area contributed by atoms with Crippen molar-refractivity contribution in [3.05, 3.63) is 41.5 Å². The van der Waals surface area contributed by atoms with Crippen LogP contribution in [0, 0.1) is 11.2 Å². The molecule has 1 saturated carbocycles. The largest absolute Gasteiger partial charge is 0.481 e. The van der Waals surface area contributed by atoms with Gasteiger partial charge in [0.1, 0.15) is 5.82 Å². The third-order valence-electron chi connectivity index (χ3n) is 4.13. The van der Waals surface area contributed by atoms with Crippen LogP contribution in [0.3, 0.4) is 0 Å². The number of rotatable bonds is 5. The second-order valence-electron chi connectivity index (χ2n) is 5.46. The molecule has 110 valence electrons. The molecule has 0 atom stereocenters. The van der Waals surface area contributed by atoms with Crippen LogP contribution in [-0.4, -0.2) is 31.3 Å². The molecule has 0 aliphatic heterocycles. The summed E-state index contributed by atoms with van der Waals surface area (Å²) in [5.74, 6) is -0.655. The normalized spacial score (nSPS) is 16.4. The fourth-order valence-corrected chi connectivity index (χ4v) is 2.61. The minimum Gasteiger partial charge on any atom is -0.481 e. The molecule has 1 N–H and O–H groups in total. The molecule has 1 aromatic heterocycles. The summed E-state index contributed by atoms with van der Waals surface area (Å²) in [6, 6.07) is 6.42. The first-order valence-electron chi connectivity index (χ1n) is 6.83. The van der Waals surface area contributed by atoms with Gasteiger partial charge in [-0.15, -0.1) is 5.10 Å². The maximum Gasteiger partial charge on any atom is 0.311 e. The number of halogens is 1. The predicted molar refractivity (Wildman–Crippen MR) is 70.9 cm³/mol. The minimum atomic E-state index is -0.818. The van der Waals surface area contributed by atoms with Crippen molar-refractivity contribution < 1.29 is 14.3 Å². The summed E-state index contributed by atoms with van der Waals surface area (Å²) in [4.78, 5) is 11.4. The molecule has 0 radical (unpaired) electrons. The number of tetrazole rings is 1. The number of hydrogen-bond donors (Lipinski definition) is 1. The van der Waals surface area contributed by atoms with Gasteiger partial charge in [-0.25, -0.2) is 9.07 Å². The van der Waals surface area contributed by atoms with Crippen LogP contribution in [0.1, 0.15) is 30.7 Å². The van der Waals surface area contributed by atoms with Crippen molar-refractivity contribution in [2.45, 2.75) is 32.2 Å². The van der Waals surface area contributed by atoms with Crippen LogP contribution in [-0.2, 0) is 17.8 Å². The van der Waals surface area contributed by atoms with Gasteiger partial charge in [0.2, 0.25) is 0 Å². The van der Waals surface area contributed by atoms with E-state index in [2.05, 4.69) is 15.5 Å². The molecule has 7 heteroatoms. The summed E-state index contributed by atoms with van der Waals surface area (Å²) < 4.78 is 15.2. The van der Waals surface area contributed by atoms with Gasteiger partial charge >= 0.3 is 5.97 Å². The van der Waals surface area contributed by atoms with Gasteiger partial charge in [0.05, 0.1) is 12.0 Å². The predicted octanol–water partition coefficient (Wildman–Crippen LogP) is 1.66. The third-order valence-corrected chi connectivity index (χ3v) is 4.13. The standard InChI is InChI=1S/C14H15FN4O2/c15-11-5-2-1-4-10(11)8-12-16-17-18-19(12)9-14(13(20)21)6-3-7-14/h1-2,4-5H,3,6-9H2,(H,20,21). The zero-order chi connectivity index (χ0) is 14.9. The lowest BCUT2D eigenvalue weighted by atomic mass is 9.69. The molecule has 6 nitrogen and oxygen atoms in total. The van der Waals surface area contributed by atoms with E-state index in [0.29, 0.717) is 24.2 Å². The lowest BCUT2D eigenvalue weighted by molar-refractivity contribution is -0.156. The second kappa shape index (κ2) is 5.23. The Hall–Kier alpha value is -2.31. The Kier molecular flexibility index (Phi) is 3.40. The third kappa shape index (κ3) is 2.51. The molecule has 0 spiro atoms. The van der Waals surface area contributed by atoms with E-state index in [4.69, 9.17) is 0 Å². The molecule has 21 heavy (non-hydrogen) atoms. The lowest BCUT2D eigenvalue weighted by Crippen LogP contribution is -2.42. The van der Waals surface area contributed by atoms with Gasteiger partial charge in [-0.2, -0.15) is 0 Å². The molecular weight excluding hydrogens is 275 g/mol. The number of carbonyl (C=O) groups is 1. The van der Waals surface area contributed by atoms with E-state index in [1.54, 1.807) is 18.2 Å². The number of carboxylic acid groups (broad SMARTS) is 1. The highest BCUT2D eigenvalue weighted by molar-refractivity contribution is 5.75. The van der Waals surface area contributed by atoms with Gasteiger partial charge in [0.25, 0.3) is 0 Å². The van der Waals surface area contributed by atoms with Gasteiger partial charge < -0.3 is 5.11 Å². The fraction of sp³-hybridized carbons (Fsp3) is 0.429. The van der Waals surface area contributed by atoms with E-state index >= 15 is 0 Å². The zero-order valence-corrected chi connectivity index (χ0v) is 11.4. The Bertz CT molecular complexity index is 666. The Morgan fingerprint density at radius 3 is 2.76 bits per heavy atom. The molecule has 0 bridgehead atoms. The fourth-order valence-electron chi connectivity index (χ4n) is 2.61. The number of nitrogens with zero attached hydrogens (tertiary/aromatic N) is 4. The molecule has 0 unspecified atom stereocenters. The number of hydrogen-bond acceptors (Lipinski definition) is 4. The lowest BCUT2D eigenvalue weighted by Gasteiger charge is -2.37. The summed E-state index contributed by atoms with van der Waals surface area (Å²) >= 11 is 0. The molecule has 1 aliphatic carbocycles. The Labute approximate surface area is 120 Å². The highest BCUT2D eigenvalue weighted by atomic mass is 19.1. The van der Waals surface area contributed by atoms with E-state index in [1.165, 1.54) is 10.7 Å². The van der Waals surface area contributed by atoms with Gasteiger partial charge in [0.15, 0.2) is 5.82 Å². The van der Waals surface area contributed by atoms with Crippen molar-refractivity contribution in [2.24, 2.45) is 5.41 Å². The molecule has 2 aromatic rings. The van der Waals surface area contributed by atoms with Crippen molar-refractivity contribution in [3.8, 4) is 0 Å². The van der Waals surface area contributed by atoms with Crippen LogP contribution in [0.25, 0.3) is 0 Å². The van der Waals surface area contributed by atoms with Crippen molar-refractivity contribution in [1.82, 2.24) is 20.2 Å². The maximum absolute atomic E-state index is 13.7. The molecule has 0 saturated heterocycles. The molecule has 1 aromatic carbocycles. The quantitative estimate of drug-likeness (QED) is 0.905.